The van der Waals surface area contributed by atoms with E-state index >= 15 is 0 Å². The Hall–Kier alpha value is -2.86. The van der Waals surface area contributed by atoms with Crippen LogP contribution in [0.25, 0.3) is 11.3 Å². The monoisotopic (exact) mass is 452 g/mol. The summed E-state index contributed by atoms with van der Waals surface area (Å²) >= 11 is 1.38. The number of amides is 1. The zero-order valence-electron chi connectivity index (χ0n) is 19.7. The molecule has 1 aromatic heterocycles. The molecule has 0 saturated heterocycles. The maximum absolute atomic E-state index is 12.3. The van der Waals surface area contributed by atoms with Gasteiger partial charge in [-0.25, -0.2) is 4.98 Å². The highest BCUT2D eigenvalue weighted by atomic mass is 32.1. The zero-order valence-corrected chi connectivity index (χ0v) is 20.5. The van der Waals surface area contributed by atoms with E-state index in [0.29, 0.717) is 10.9 Å². The first-order valence-corrected chi connectivity index (χ1v) is 11.6. The van der Waals surface area contributed by atoms with Gasteiger partial charge in [-0.1, -0.05) is 46.8 Å². The van der Waals surface area contributed by atoms with Crippen LogP contribution in [0.1, 0.15) is 46.6 Å². The molecule has 170 valence electrons. The average molecular weight is 453 g/mol. The van der Waals surface area contributed by atoms with Crippen molar-refractivity contribution in [1.29, 1.82) is 0 Å². The minimum Gasteiger partial charge on any atom is -0.497 e. The molecule has 5 nitrogen and oxygen atoms in total. The van der Waals surface area contributed by atoms with Crippen molar-refractivity contribution in [1.82, 2.24) is 4.98 Å². The quantitative estimate of drug-likeness (QED) is 0.421. The molecule has 6 heteroatoms. The molecule has 0 spiro atoms. The zero-order chi connectivity index (χ0) is 23.4. The van der Waals surface area contributed by atoms with Gasteiger partial charge in [0.25, 0.3) is 5.91 Å². The predicted molar refractivity (Wildman–Crippen MR) is 132 cm³/mol. The van der Waals surface area contributed by atoms with Crippen LogP contribution in [0, 0.1) is 5.41 Å². The van der Waals surface area contributed by atoms with E-state index in [4.69, 9.17) is 9.47 Å². The van der Waals surface area contributed by atoms with Crippen LogP contribution in [0.3, 0.4) is 0 Å². The molecule has 0 unspecified atom stereocenters. The van der Waals surface area contributed by atoms with Crippen LogP contribution >= 0.6 is 11.3 Å². The van der Waals surface area contributed by atoms with Crippen molar-refractivity contribution in [3.8, 4) is 22.8 Å². The average Bonchev–Trinajstić information content (AvgIpc) is 3.19. The van der Waals surface area contributed by atoms with Crippen molar-refractivity contribution in [2.75, 3.05) is 19.0 Å². The maximum atomic E-state index is 12.3. The number of anilines is 1. The fraction of sp³-hybridized carbons (Fsp3) is 0.385. The van der Waals surface area contributed by atoms with E-state index in [2.05, 4.69) is 57.1 Å². The molecular formula is C26H32N2O3S. The largest absolute Gasteiger partial charge is 0.497 e. The van der Waals surface area contributed by atoms with Crippen molar-refractivity contribution in [3.05, 3.63) is 59.5 Å². The Balaban J connectivity index is 1.53. The normalized spacial score (nSPS) is 11.8. The molecule has 0 aliphatic rings. The Kier molecular flexibility index (Phi) is 7.24. The van der Waals surface area contributed by atoms with Crippen LogP contribution < -0.4 is 14.8 Å². The summed E-state index contributed by atoms with van der Waals surface area (Å²) in [7, 11) is 1.63. The van der Waals surface area contributed by atoms with Gasteiger partial charge in [-0.05, 0) is 59.2 Å². The summed E-state index contributed by atoms with van der Waals surface area (Å²) in [5, 5.41) is 5.26. The van der Waals surface area contributed by atoms with Gasteiger partial charge in [0, 0.05) is 10.9 Å². The minimum absolute atomic E-state index is 0.0673. The Morgan fingerprint density at radius 1 is 0.969 bits per heavy atom. The SMILES string of the molecule is COc1ccc(-c2csc(NC(=O)COc3ccc(C(C)(C)CC(C)(C)C)cc3)n2)cc1. The van der Waals surface area contributed by atoms with Crippen molar-refractivity contribution in [2.45, 2.75) is 46.5 Å². The first-order chi connectivity index (χ1) is 15.1. The Bertz CT molecular complexity index is 1030. The Labute approximate surface area is 194 Å². The number of aromatic nitrogens is 1. The van der Waals surface area contributed by atoms with Gasteiger partial charge in [0.2, 0.25) is 0 Å². The van der Waals surface area contributed by atoms with Gasteiger partial charge in [0.15, 0.2) is 11.7 Å². The number of nitrogens with one attached hydrogen (secondary N) is 1. The van der Waals surface area contributed by atoms with Gasteiger partial charge in [-0.2, -0.15) is 0 Å². The lowest BCUT2D eigenvalue weighted by molar-refractivity contribution is -0.118. The summed E-state index contributed by atoms with van der Waals surface area (Å²) < 4.78 is 10.9. The molecule has 0 saturated carbocycles. The second-order valence-corrected chi connectivity index (χ2v) is 10.6. The number of rotatable bonds is 8. The van der Waals surface area contributed by atoms with E-state index in [9.17, 15) is 4.79 Å². The molecule has 0 aliphatic carbocycles. The number of ether oxygens (including phenoxy) is 2. The molecular weight excluding hydrogens is 420 g/mol. The van der Waals surface area contributed by atoms with Gasteiger partial charge in [0.05, 0.1) is 12.8 Å². The van der Waals surface area contributed by atoms with Crippen molar-refractivity contribution >= 4 is 22.4 Å². The van der Waals surface area contributed by atoms with E-state index in [1.54, 1.807) is 7.11 Å². The van der Waals surface area contributed by atoms with Crippen molar-refractivity contribution in [2.24, 2.45) is 5.41 Å². The molecule has 1 amide bonds. The van der Waals surface area contributed by atoms with E-state index in [1.807, 2.05) is 41.8 Å². The van der Waals surface area contributed by atoms with Gasteiger partial charge in [0.1, 0.15) is 11.5 Å². The van der Waals surface area contributed by atoms with Crippen LogP contribution in [0.4, 0.5) is 5.13 Å². The molecule has 0 bridgehead atoms. The fourth-order valence-corrected chi connectivity index (χ4v) is 4.70. The number of hydrogen-bond acceptors (Lipinski definition) is 5. The lowest BCUT2D eigenvalue weighted by Gasteiger charge is -2.33. The molecule has 1 N–H and O–H groups in total. The second-order valence-electron chi connectivity index (χ2n) is 9.75. The minimum atomic E-state index is -0.238. The first kappa shape index (κ1) is 23.8. The number of benzene rings is 2. The predicted octanol–water partition coefficient (Wildman–Crippen LogP) is 6.55. The molecule has 1 heterocycles. The van der Waals surface area contributed by atoms with Crippen molar-refractivity contribution < 1.29 is 14.3 Å². The molecule has 0 atom stereocenters. The van der Waals surface area contributed by atoms with Crippen LogP contribution in [-0.2, 0) is 10.2 Å². The summed E-state index contributed by atoms with van der Waals surface area (Å²) in [5.41, 5.74) is 3.36. The number of thiazole rings is 1. The maximum Gasteiger partial charge on any atom is 0.264 e. The highest BCUT2D eigenvalue weighted by Crippen LogP contribution is 2.36. The van der Waals surface area contributed by atoms with Crippen LogP contribution in [0.2, 0.25) is 0 Å². The fourth-order valence-electron chi connectivity index (χ4n) is 3.96. The topological polar surface area (TPSA) is 60.5 Å². The second kappa shape index (κ2) is 9.74. The van der Waals surface area contributed by atoms with Crippen LogP contribution in [0.5, 0.6) is 11.5 Å². The third-order valence-corrected chi connectivity index (χ3v) is 5.87. The van der Waals surface area contributed by atoms with Gasteiger partial charge >= 0.3 is 0 Å². The number of hydrogen-bond donors (Lipinski definition) is 1. The Morgan fingerprint density at radius 2 is 1.59 bits per heavy atom. The summed E-state index contributed by atoms with van der Waals surface area (Å²) in [5.74, 6) is 1.23. The van der Waals surface area contributed by atoms with E-state index in [-0.39, 0.29) is 23.3 Å². The third kappa shape index (κ3) is 6.57. The van der Waals surface area contributed by atoms with Crippen LogP contribution in [-0.4, -0.2) is 24.6 Å². The van der Waals surface area contributed by atoms with Crippen LogP contribution in [0.15, 0.2) is 53.9 Å². The number of methoxy groups -OCH3 is 1. The number of carbonyl (C=O) groups excluding carboxylic acids is 1. The summed E-state index contributed by atoms with van der Waals surface area (Å²) in [6.07, 6.45) is 1.08. The van der Waals surface area contributed by atoms with E-state index in [1.165, 1.54) is 16.9 Å². The summed E-state index contributed by atoms with van der Waals surface area (Å²) in [4.78, 5) is 16.8. The summed E-state index contributed by atoms with van der Waals surface area (Å²) in [6.45, 7) is 11.2. The molecule has 0 aliphatic heterocycles. The Morgan fingerprint density at radius 3 is 2.19 bits per heavy atom. The van der Waals surface area contributed by atoms with Crippen molar-refractivity contribution in [3.63, 3.8) is 0 Å². The standard InChI is InChI=1S/C26H32N2O3S/c1-25(2,3)17-26(4,5)19-9-13-21(14-10-19)31-15-23(29)28-24-27-22(16-32-24)18-7-11-20(30-6)12-8-18/h7-14,16H,15,17H2,1-6H3,(H,27,28,29). The number of nitrogens with zero attached hydrogens (tertiary/aromatic N) is 1. The first-order valence-electron chi connectivity index (χ1n) is 10.7. The van der Waals surface area contributed by atoms with Gasteiger partial charge in [-0.3, -0.25) is 10.1 Å². The highest BCUT2D eigenvalue weighted by molar-refractivity contribution is 7.14. The lowest BCUT2D eigenvalue weighted by Crippen LogP contribution is -2.24. The van der Waals surface area contributed by atoms with E-state index < -0.39 is 0 Å². The highest BCUT2D eigenvalue weighted by Gasteiger charge is 2.27. The molecule has 0 radical (unpaired) electrons. The molecule has 32 heavy (non-hydrogen) atoms. The molecule has 0 fully saturated rings. The molecule has 2 aromatic carbocycles. The smallest absolute Gasteiger partial charge is 0.264 e. The molecule has 3 aromatic rings. The molecule has 3 rings (SSSR count). The van der Waals surface area contributed by atoms with Gasteiger partial charge < -0.3 is 9.47 Å². The van der Waals surface area contributed by atoms with Gasteiger partial charge in [-0.15, -0.1) is 11.3 Å². The van der Waals surface area contributed by atoms with E-state index in [0.717, 1.165) is 23.4 Å². The summed E-state index contributed by atoms with van der Waals surface area (Å²) in [6, 6.07) is 15.7. The lowest BCUT2D eigenvalue weighted by atomic mass is 9.72. The number of carbonyl (C=O) groups is 1. The third-order valence-electron chi connectivity index (χ3n) is 5.11.